The number of ketones is 1. The number of nitrogens with zero attached hydrogens (tertiary/aromatic N) is 3. The first kappa shape index (κ1) is 12.7. The van der Waals surface area contributed by atoms with E-state index < -0.39 is 0 Å². The van der Waals surface area contributed by atoms with Crippen molar-refractivity contribution in [3.8, 4) is 0 Å². The van der Waals surface area contributed by atoms with E-state index in [1.807, 2.05) is 39.3 Å². The Balaban J connectivity index is 3.02. The predicted molar refractivity (Wildman–Crippen MR) is 66.3 cm³/mol. The van der Waals surface area contributed by atoms with Crippen LogP contribution in [0.5, 0.6) is 0 Å². The average molecular weight is 223 g/mol. The zero-order chi connectivity index (χ0) is 12.3. The molecule has 0 radical (unpaired) electrons. The van der Waals surface area contributed by atoms with Crippen LogP contribution >= 0.6 is 0 Å². The smallest absolute Gasteiger partial charge is 0.163 e. The molecule has 0 N–H and O–H groups in total. The average Bonchev–Trinajstić information content (AvgIpc) is 2.92. The highest BCUT2D eigenvalue weighted by Gasteiger charge is 2.32. The molecule has 0 atom stereocenters. The Bertz CT molecular complexity index is 325. The minimum absolute atomic E-state index is 0.0844. The molecule has 0 saturated heterocycles. The van der Waals surface area contributed by atoms with Crippen molar-refractivity contribution in [3.05, 3.63) is 11.8 Å². The standard InChI is InChI=1S/C12H21N3O/c1-9(16)11(8-14(2)3)12(10-6-7-10)13-15(4)5/h8,10H,6-7H2,1-5H3/b11-8+,13-12-. The second-order valence-corrected chi connectivity index (χ2v) is 4.67. The first-order valence-electron chi connectivity index (χ1n) is 5.57. The van der Waals surface area contributed by atoms with Gasteiger partial charge in [-0.1, -0.05) is 0 Å². The lowest BCUT2D eigenvalue weighted by molar-refractivity contribution is -0.113. The molecule has 0 aromatic heterocycles. The first-order chi connectivity index (χ1) is 7.41. The lowest BCUT2D eigenvalue weighted by Crippen LogP contribution is -2.19. The number of Topliss-reactive ketones (excluding diaryl/α,β-unsaturated/α-hetero) is 1. The third kappa shape index (κ3) is 3.68. The monoisotopic (exact) mass is 223 g/mol. The van der Waals surface area contributed by atoms with Crippen molar-refractivity contribution >= 4 is 11.5 Å². The van der Waals surface area contributed by atoms with E-state index in [2.05, 4.69) is 5.10 Å². The van der Waals surface area contributed by atoms with Crippen molar-refractivity contribution in [2.75, 3.05) is 28.2 Å². The van der Waals surface area contributed by atoms with Crippen molar-refractivity contribution in [2.45, 2.75) is 19.8 Å². The van der Waals surface area contributed by atoms with Crippen LogP contribution in [0.4, 0.5) is 0 Å². The van der Waals surface area contributed by atoms with E-state index in [0.29, 0.717) is 5.92 Å². The molecule has 1 aliphatic rings. The van der Waals surface area contributed by atoms with E-state index in [4.69, 9.17) is 0 Å². The second kappa shape index (κ2) is 5.14. The molecular formula is C12H21N3O. The van der Waals surface area contributed by atoms with E-state index >= 15 is 0 Å². The molecular weight excluding hydrogens is 202 g/mol. The third-order valence-corrected chi connectivity index (χ3v) is 2.31. The zero-order valence-electron chi connectivity index (χ0n) is 10.8. The van der Waals surface area contributed by atoms with Crippen LogP contribution in [-0.4, -0.2) is 49.6 Å². The summed E-state index contributed by atoms with van der Waals surface area (Å²) in [6, 6.07) is 0. The first-order valence-corrected chi connectivity index (χ1v) is 5.57. The maximum atomic E-state index is 11.6. The van der Waals surface area contributed by atoms with Crippen molar-refractivity contribution in [1.82, 2.24) is 9.91 Å². The van der Waals surface area contributed by atoms with Gasteiger partial charge in [0.1, 0.15) is 0 Å². The second-order valence-electron chi connectivity index (χ2n) is 4.67. The van der Waals surface area contributed by atoms with Crippen molar-refractivity contribution in [3.63, 3.8) is 0 Å². The Morgan fingerprint density at radius 3 is 2.12 bits per heavy atom. The Labute approximate surface area is 97.6 Å². The fourth-order valence-electron chi connectivity index (χ4n) is 1.52. The molecule has 0 spiro atoms. The molecule has 16 heavy (non-hydrogen) atoms. The third-order valence-electron chi connectivity index (χ3n) is 2.31. The number of carbonyl (C=O) groups is 1. The van der Waals surface area contributed by atoms with Gasteiger partial charge in [-0.2, -0.15) is 5.10 Å². The molecule has 4 nitrogen and oxygen atoms in total. The van der Waals surface area contributed by atoms with Gasteiger partial charge in [-0.3, -0.25) is 4.79 Å². The van der Waals surface area contributed by atoms with E-state index in [1.165, 1.54) is 0 Å². The molecule has 0 aliphatic heterocycles. The number of carbonyl (C=O) groups excluding carboxylic acids is 1. The molecule has 0 amide bonds. The highest BCUT2D eigenvalue weighted by atomic mass is 16.1. The summed E-state index contributed by atoms with van der Waals surface area (Å²) in [6.45, 7) is 1.60. The molecule has 90 valence electrons. The Morgan fingerprint density at radius 1 is 1.25 bits per heavy atom. The van der Waals surface area contributed by atoms with Crippen LogP contribution in [0.15, 0.2) is 16.9 Å². The summed E-state index contributed by atoms with van der Waals surface area (Å²) in [6.07, 6.45) is 4.15. The predicted octanol–water partition coefficient (Wildman–Crippen LogP) is 1.35. The zero-order valence-corrected chi connectivity index (χ0v) is 10.8. The number of hydrazone groups is 1. The fraction of sp³-hybridized carbons (Fsp3) is 0.667. The van der Waals surface area contributed by atoms with Gasteiger partial charge in [-0.25, -0.2) is 0 Å². The molecule has 1 aliphatic carbocycles. The fourth-order valence-corrected chi connectivity index (χ4v) is 1.52. The van der Waals surface area contributed by atoms with Gasteiger partial charge in [0.15, 0.2) is 5.78 Å². The van der Waals surface area contributed by atoms with Crippen LogP contribution in [0.2, 0.25) is 0 Å². The highest BCUT2D eigenvalue weighted by Crippen LogP contribution is 2.33. The van der Waals surface area contributed by atoms with Crippen LogP contribution in [-0.2, 0) is 4.79 Å². The Morgan fingerprint density at radius 2 is 1.81 bits per heavy atom. The van der Waals surface area contributed by atoms with E-state index in [1.54, 1.807) is 11.9 Å². The number of rotatable bonds is 5. The highest BCUT2D eigenvalue weighted by molar-refractivity contribution is 6.22. The van der Waals surface area contributed by atoms with Gasteiger partial charge in [-0.05, 0) is 19.8 Å². The number of allylic oxidation sites excluding steroid dienone is 1. The minimum Gasteiger partial charge on any atom is -0.383 e. The van der Waals surface area contributed by atoms with Crippen molar-refractivity contribution in [1.29, 1.82) is 0 Å². The summed E-state index contributed by atoms with van der Waals surface area (Å²) in [5.74, 6) is 0.554. The van der Waals surface area contributed by atoms with Gasteiger partial charge in [0, 0.05) is 40.3 Å². The van der Waals surface area contributed by atoms with E-state index in [-0.39, 0.29) is 5.78 Å². The summed E-state index contributed by atoms with van der Waals surface area (Å²) in [7, 11) is 7.61. The molecule has 0 aromatic rings. The van der Waals surface area contributed by atoms with Crippen molar-refractivity contribution in [2.24, 2.45) is 11.0 Å². The van der Waals surface area contributed by atoms with Gasteiger partial charge in [-0.15, -0.1) is 0 Å². The number of hydrogen-bond donors (Lipinski definition) is 0. The van der Waals surface area contributed by atoms with Crippen LogP contribution in [0.3, 0.4) is 0 Å². The quantitative estimate of drug-likeness (QED) is 0.401. The lowest BCUT2D eigenvalue weighted by Gasteiger charge is -2.14. The Hall–Kier alpha value is -1.32. The molecule has 1 rings (SSSR count). The molecule has 1 saturated carbocycles. The SMILES string of the molecule is CC(=O)C(=C\N(C)C)/C(=N\N(C)C)C1CC1. The summed E-state index contributed by atoms with van der Waals surface area (Å²) in [4.78, 5) is 13.5. The van der Waals surface area contributed by atoms with Crippen LogP contribution in [0, 0.1) is 5.92 Å². The van der Waals surface area contributed by atoms with Gasteiger partial charge in [0.25, 0.3) is 0 Å². The summed E-state index contributed by atoms with van der Waals surface area (Å²) in [5.41, 5.74) is 1.67. The molecule has 0 unspecified atom stereocenters. The van der Waals surface area contributed by atoms with Gasteiger partial charge in [0.05, 0.1) is 11.3 Å². The summed E-state index contributed by atoms with van der Waals surface area (Å²) in [5, 5.41) is 6.21. The molecule has 0 heterocycles. The maximum Gasteiger partial charge on any atom is 0.163 e. The van der Waals surface area contributed by atoms with Crippen LogP contribution < -0.4 is 0 Å². The summed E-state index contributed by atoms with van der Waals surface area (Å²) < 4.78 is 0. The van der Waals surface area contributed by atoms with E-state index in [9.17, 15) is 4.79 Å². The van der Waals surface area contributed by atoms with Crippen LogP contribution in [0.25, 0.3) is 0 Å². The summed E-state index contributed by atoms with van der Waals surface area (Å²) >= 11 is 0. The maximum absolute atomic E-state index is 11.6. The largest absolute Gasteiger partial charge is 0.383 e. The lowest BCUT2D eigenvalue weighted by atomic mass is 10.0. The van der Waals surface area contributed by atoms with Gasteiger partial charge in [0.2, 0.25) is 0 Å². The topological polar surface area (TPSA) is 35.9 Å². The normalized spacial score (nSPS) is 17.3. The minimum atomic E-state index is 0.0844. The van der Waals surface area contributed by atoms with Crippen molar-refractivity contribution < 1.29 is 4.79 Å². The number of hydrogen-bond acceptors (Lipinski definition) is 4. The van der Waals surface area contributed by atoms with Crippen LogP contribution in [0.1, 0.15) is 19.8 Å². The molecule has 4 heteroatoms. The van der Waals surface area contributed by atoms with E-state index in [0.717, 1.165) is 24.1 Å². The van der Waals surface area contributed by atoms with Gasteiger partial charge < -0.3 is 9.91 Å². The Kier molecular flexibility index (Phi) is 4.10. The molecule has 1 fully saturated rings. The molecule has 0 bridgehead atoms. The van der Waals surface area contributed by atoms with Gasteiger partial charge >= 0.3 is 0 Å². The molecule has 0 aromatic carbocycles.